The van der Waals surface area contributed by atoms with Gasteiger partial charge in [0.25, 0.3) is 0 Å². The van der Waals surface area contributed by atoms with Crippen LogP contribution in [0.4, 0.5) is 11.6 Å². The molecule has 39 heavy (non-hydrogen) atoms. The number of anilines is 2. The molecule has 3 aromatic heterocycles. The van der Waals surface area contributed by atoms with Crippen molar-refractivity contribution in [1.29, 1.82) is 0 Å². The summed E-state index contributed by atoms with van der Waals surface area (Å²) in [5.74, 6) is 1.07. The van der Waals surface area contributed by atoms with Crippen LogP contribution >= 0.6 is 0 Å². The molecule has 3 N–H and O–H groups in total. The Hall–Kier alpha value is -3.31. The molecule has 0 aromatic carbocycles. The van der Waals surface area contributed by atoms with Crippen LogP contribution in [-0.4, -0.2) is 53.6 Å². The van der Waals surface area contributed by atoms with Gasteiger partial charge in [0.2, 0.25) is 5.88 Å². The molecule has 1 aliphatic rings. The Morgan fingerprint density at radius 2 is 1.90 bits per heavy atom. The minimum Gasteiger partial charge on any atom is -0.474 e. The van der Waals surface area contributed by atoms with Crippen molar-refractivity contribution < 1.29 is 22.7 Å². The highest BCUT2D eigenvalue weighted by Gasteiger charge is 2.35. The topological polar surface area (TPSA) is 146 Å². The summed E-state index contributed by atoms with van der Waals surface area (Å²) >= 11 is 0. The van der Waals surface area contributed by atoms with Gasteiger partial charge in [0, 0.05) is 36.0 Å². The Labute approximate surface area is 229 Å². The van der Waals surface area contributed by atoms with Gasteiger partial charge in [-0.05, 0) is 56.3 Å². The Morgan fingerprint density at radius 3 is 2.56 bits per heavy atom. The van der Waals surface area contributed by atoms with E-state index in [4.69, 9.17) is 20.2 Å². The van der Waals surface area contributed by atoms with Crippen LogP contribution in [0.1, 0.15) is 76.0 Å². The average molecular weight is 556 g/mol. The first-order chi connectivity index (χ1) is 18.1. The molecule has 0 radical (unpaired) electrons. The van der Waals surface area contributed by atoms with Gasteiger partial charge in [0.15, 0.2) is 0 Å². The number of aromatic nitrogens is 3. The van der Waals surface area contributed by atoms with Crippen LogP contribution in [0, 0.1) is 0 Å². The molecule has 0 amide bonds. The Morgan fingerprint density at radius 1 is 1.18 bits per heavy atom. The van der Waals surface area contributed by atoms with E-state index in [9.17, 15) is 13.2 Å². The molecule has 0 saturated carbocycles. The maximum atomic E-state index is 12.2. The number of nitrogens with zero attached hydrogens (tertiary/aromatic N) is 3. The zero-order valence-corrected chi connectivity index (χ0v) is 24.3. The monoisotopic (exact) mass is 555 g/mol. The van der Waals surface area contributed by atoms with E-state index in [0.29, 0.717) is 47.0 Å². The number of ether oxygens (including phenoxy) is 2. The third kappa shape index (κ3) is 5.99. The number of carbonyl (C=O) groups is 1. The van der Waals surface area contributed by atoms with E-state index in [2.05, 4.69) is 15.3 Å². The normalized spacial score (nSPS) is 18.0. The number of hydrogen-bond acceptors (Lipinski definition) is 10. The number of esters is 1. The van der Waals surface area contributed by atoms with Crippen molar-refractivity contribution in [3.63, 3.8) is 0 Å². The summed E-state index contributed by atoms with van der Waals surface area (Å²) in [7, 11) is -3.18. The predicted octanol–water partition coefficient (Wildman–Crippen LogP) is 4.39. The van der Waals surface area contributed by atoms with Crippen LogP contribution < -0.4 is 15.8 Å². The lowest BCUT2D eigenvalue weighted by atomic mass is 9.85. The molecule has 0 bridgehead atoms. The van der Waals surface area contributed by atoms with Crippen molar-refractivity contribution in [3.05, 3.63) is 47.4 Å². The molecule has 0 unspecified atom stereocenters. The van der Waals surface area contributed by atoms with E-state index in [1.807, 2.05) is 40.7 Å². The fraction of sp³-hybridized carbons (Fsp3) is 0.500. The lowest BCUT2D eigenvalue weighted by molar-refractivity contribution is 0.0366. The standard InChI is InChI=1S/C28H37N5O5S/c1-8-28(6,29)21-14-31-25(38-16(2)11-17(3)39(7,35)36)20-13-30-23(12-19(20)21)32-22-10-9-18-24(33-22)27(4,5)15-37-26(18)34/h9-10,12-14,16-17H,8,11,15,29H2,1-7H3,(H,30,32,33)/t16-,17-,28-/m1/s1. The second-order valence-corrected chi connectivity index (χ2v) is 13.8. The summed E-state index contributed by atoms with van der Waals surface area (Å²) in [6.07, 6.45) is 5.22. The van der Waals surface area contributed by atoms with Gasteiger partial charge in [-0.1, -0.05) is 20.8 Å². The number of nitrogens with two attached hydrogens (primary N) is 1. The van der Waals surface area contributed by atoms with Crippen LogP contribution in [0.2, 0.25) is 0 Å². The van der Waals surface area contributed by atoms with Gasteiger partial charge in [0.05, 0.1) is 28.0 Å². The zero-order valence-electron chi connectivity index (χ0n) is 23.5. The maximum Gasteiger partial charge on any atom is 0.340 e. The molecule has 10 nitrogen and oxygen atoms in total. The van der Waals surface area contributed by atoms with E-state index >= 15 is 0 Å². The number of sulfone groups is 1. The fourth-order valence-electron chi connectivity index (χ4n) is 4.53. The van der Waals surface area contributed by atoms with E-state index in [0.717, 1.165) is 10.9 Å². The highest BCUT2D eigenvalue weighted by atomic mass is 32.2. The van der Waals surface area contributed by atoms with Crippen LogP contribution in [0.25, 0.3) is 10.8 Å². The molecule has 210 valence electrons. The van der Waals surface area contributed by atoms with Crippen LogP contribution in [0.3, 0.4) is 0 Å². The van der Waals surface area contributed by atoms with Gasteiger partial charge >= 0.3 is 5.97 Å². The molecule has 0 fully saturated rings. The van der Waals surface area contributed by atoms with Crippen LogP contribution in [0.15, 0.2) is 30.6 Å². The van der Waals surface area contributed by atoms with Crippen LogP contribution in [0.5, 0.6) is 5.88 Å². The Bertz CT molecular complexity index is 1520. The maximum absolute atomic E-state index is 12.2. The molecule has 4 rings (SSSR count). The van der Waals surface area contributed by atoms with Crippen molar-refractivity contribution in [2.45, 2.75) is 76.7 Å². The van der Waals surface area contributed by atoms with Crippen molar-refractivity contribution in [1.82, 2.24) is 15.0 Å². The number of cyclic esters (lactones) is 1. The molecular formula is C28H37N5O5S. The van der Waals surface area contributed by atoms with Gasteiger partial charge in [-0.25, -0.2) is 28.2 Å². The summed E-state index contributed by atoms with van der Waals surface area (Å²) < 4.78 is 35.2. The van der Waals surface area contributed by atoms with E-state index in [1.54, 1.807) is 31.5 Å². The summed E-state index contributed by atoms with van der Waals surface area (Å²) in [4.78, 5) is 26.1. The predicted molar refractivity (Wildman–Crippen MR) is 151 cm³/mol. The minimum absolute atomic E-state index is 0.260. The first-order valence-corrected chi connectivity index (χ1v) is 15.0. The number of hydrogen-bond donors (Lipinski definition) is 2. The summed E-state index contributed by atoms with van der Waals surface area (Å²) in [6.45, 7) is 11.7. The molecule has 4 heterocycles. The summed E-state index contributed by atoms with van der Waals surface area (Å²) in [5, 5.41) is 4.19. The van der Waals surface area contributed by atoms with E-state index in [-0.39, 0.29) is 18.7 Å². The van der Waals surface area contributed by atoms with Gasteiger partial charge in [-0.2, -0.15) is 0 Å². The summed E-state index contributed by atoms with van der Waals surface area (Å²) in [6, 6.07) is 5.31. The third-order valence-corrected chi connectivity index (χ3v) is 9.02. The Kier molecular flexibility index (Phi) is 7.61. The highest BCUT2D eigenvalue weighted by Crippen LogP contribution is 2.36. The number of pyridine rings is 3. The molecule has 11 heteroatoms. The highest BCUT2D eigenvalue weighted by molar-refractivity contribution is 7.91. The lowest BCUT2D eigenvalue weighted by Gasteiger charge is -2.30. The molecule has 1 aliphatic heterocycles. The summed E-state index contributed by atoms with van der Waals surface area (Å²) in [5.41, 5.74) is 7.52. The smallest absolute Gasteiger partial charge is 0.340 e. The molecule has 0 saturated heterocycles. The molecule has 0 spiro atoms. The largest absolute Gasteiger partial charge is 0.474 e. The number of carbonyl (C=O) groups excluding carboxylic acids is 1. The number of rotatable bonds is 9. The van der Waals surface area contributed by atoms with Crippen molar-refractivity contribution in [2.75, 3.05) is 18.2 Å². The van der Waals surface area contributed by atoms with Gasteiger partial charge < -0.3 is 20.5 Å². The average Bonchev–Trinajstić information content (AvgIpc) is 2.86. The zero-order chi connectivity index (χ0) is 28.8. The van der Waals surface area contributed by atoms with E-state index in [1.165, 1.54) is 6.26 Å². The van der Waals surface area contributed by atoms with Gasteiger partial charge in [-0.15, -0.1) is 0 Å². The number of fused-ring (bicyclic) bond motifs is 2. The van der Waals surface area contributed by atoms with Gasteiger partial charge in [-0.3, -0.25) is 0 Å². The third-order valence-electron chi connectivity index (χ3n) is 7.37. The van der Waals surface area contributed by atoms with Crippen molar-refractivity contribution >= 4 is 38.2 Å². The second kappa shape index (κ2) is 10.3. The van der Waals surface area contributed by atoms with E-state index < -0.39 is 26.0 Å². The molecule has 3 atom stereocenters. The lowest BCUT2D eigenvalue weighted by Crippen LogP contribution is -2.35. The minimum atomic E-state index is -3.18. The quantitative estimate of drug-likeness (QED) is 0.364. The first-order valence-electron chi connectivity index (χ1n) is 13.0. The van der Waals surface area contributed by atoms with Crippen LogP contribution in [-0.2, 0) is 25.5 Å². The molecular weight excluding hydrogens is 518 g/mol. The number of nitrogens with one attached hydrogen (secondary N) is 1. The SMILES string of the molecule is CC[C@@](C)(N)c1cnc(O[C@H](C)C[C@@H](C)S(C)(=O)=O)c2cnc(Nc3ccc4c(n3)C(C)(C)COC4=O)cc12. The molecule has 3 aromatic rings. The second-order valence-electron chi connectivity index (χ2n) is 11.3. The Balaban J connectivity index is 1.72. The van der Waals surface area contributed by atoms with Gasteiger partial charge in [0.1, 0.15) is 28.1 Å². The first kappa shape index (κ1) is 28.7. The van der Waals surface area contributed by atoms with Crippen molar-refractivity contribution in [2.24, 2.45) is 5.73 Å². The van der Waals surface area contributed by atoms with Crippen molar-refractivity contribution in [3.8, 4) is 5.88 Å². The molecule has 0 aliphatic carbocycles. The fourth-order valence-corrected chi connectivity index (χ4v) is 5.15.